The Morgan fingerprint density at radius 1 is 0.387 bits per heavy atom. The lowest BCUT2D eigenvalue weighted by Crippen LogP contribution is -1.83. The fourth-order valence-corrected chi connectivity index (χ4v) is 4.91. The minimum atomic E-state index is 0.933. The van der Waals surface area contributed by atoms with E-state index in [-0.39, 0.29) is 0 Å². The van der Waals surface area contributed by atoms with Crippen LogP contribution in [0.3, 0.4) is 0 Å². The first-order valence-corrected chi connectivity index (χ1v) is 10.6. The van der Waals surface area contributed by atoms with Gasteiger partial charge in [0.05, 0.1) is 0 Å². The van der Waals surface area contributed by atoms with Crippen molar-refractivity contribution in [3.05, 3.63) is 109 Å². The molecule has 0 unspecified atom stereocenters. The first-order valence-electron chi connectivity index (χ1n) is 10.6. The largest absolute Gasteiger partial charge is 0.456 e. The van der Waals surface area contributed by atoms with Gasteiger partial charge in [-0.3, -0.25) is 0 Å². The highest BCUT2D eigenvalue weighted by molar-refractivity contribution is 6.20. The van der Waals surface area contributed by atoms with Crippen LogP contribution in [0.25, 0.3) is 65.4 Å². The molecule has 0 bridgehead atoms. The molecule has 144 valence electrons. The van der Waals surface area contributed by atoms with Crippen molar-refractivity contribution in [3.63, 3.8) is 0 Å². The number of para-hydroxylation sites is 1. The highest BCUT2D eigenvalue weighted by Crippen LogP contribution is 2.36. The third kappa shape index (κ3) is 2.44. The van der Waals surface area contributed by atoms with Crippen LogP contribution in [-0.2, 0) is 0 Å². The molecule has 0 N–H and O–H groups in total. The average Bonchev–Trinajstić information content (AvgIpc) is 3.21. The molecule has 1 heteroatoms. The van der Waals surface area contributed by atoms with Crippen molar-refractivity contribution in [2.45, 2.75) is 0 Å². The van der Waals surface area contributed by atoms with Gasteiger partial charge in [0, 0.05) is 10.8 Å². The maximum Gasteiger partial charge on any atom is 0.135 e. The molecule has 0 saturated carbocycles. The Morgan fingerprint density at radius 3 is 1.84 bits per heavy atom. The molecule has 1 heterocycles. The second-order valence-electron chi connectivity index (χ2n) is 8.20. The predicted molar refractivity (Wildman–Crippen MR) is 132 cm³/mol. The summed E-state index contributed by atoms with van der Waals surface area (Å²) in [5, 5.41) is 10.1. The Kier molecular flexibility index (Phi) is 3.33. The van der Waals surface area contributed by atoms with Crippen LogP contribution in [0.1, 0.15) is 0 Å². The second kappa shape index (κ2) is 6.20. The molecule has 0 amide bonds. The molecule has 0 aliphatic heterocycles. The number of hydrogen-bond donors (Lipinski definition) is 0. The molecule has 0 atom stereocenters. The molecule has 0 radical (unpaired) electrons. The van der Waals surface area contributed by atoms with Gasteiger partial charge in [-0.25, -0.2) is 0 Å². The van der Waals surface area contributed by atoms with E-state index >= 15 is 0 Å². The maximum atomic E-state index is 6.02. The van der Waals surface area contributed by atoms with Crippen LogP contribution in [0.2, 0.25) is 0 Å². The molecule has 1 aromatic heterocycles. The molecule has 0 spiro atoms. The van der Waals surface area contributed by atoms with Crippen molar-refractivity contribution in [1.29, 1.82) is 0 Å². The summed E-state index contributed by atoms with van der Waals surface area (Å²) in [7, 11) is 0. The number of fused-ring (bicyclic) bond motifs is 8. The van der Waals surface area contributed by atoms with Crippen LogP contribution in [0.4, 0.5) is 0 Å². The number of benzene rings is 6. The monoisotopic (exact) mass is 394 g/mol. The lowest BCUT2D eigenvalue weighted by Gasteiger charge is -2.10. The normalized spacial score (nSPS) is 11.9. The predicted octanol–water partition coefficient (Wildman–Crippen LogP) is 8.71. The van der Waals surface area contributed by atoms with Gasteiger partial charge in [-0.2, -0.15) is 0 Å². The zero-order valence-electron chi connectivity index (χ0n) is 16.8. The van der Waals surface area contributed by atoms with Gasteiger partial charge >= 0.3 is 0 Å². The summed E-state index contributed by atoms with van der Waals surface area (Å²) in [6.45, 7) is 0. The fraction of sp³-hybridized carbons (Fsp3) is 0. The summed E-state index contributed by atoms with van der Waals surface area (Å²) in [4.78, 5) is 0. The summed E-state index contributed by atoms with van der Waals surface area (Å²) in [6, 6.07) is 39.1. The Hall–Kier alpha value is -4.10. The van der Waals surface area contributed by atoms with Crippen LogP contribution >= 0.6 is 0 Å². The fourth-order valence-electron chi connectivity index (χ4n) is 4.91. The third-order valence-electron chi connectivity index (χ3n) is 6.44. The van der Waals surface area contributed by atoms with Gasteiger partial charge in [0.25, 0.3) is 0 Å². The van der Waals surface area contributed by atoms with Crippen molar-refractivity contribution in [1.82, 2.24) is 0 Å². The molecule has 7 aromatic rings. The molecular formula is C30H18O. The minimum Gasteiger partial charge on any atom is -0.456 e. The van der Waals surface area contributed by atoms with E-state index in [1.165, 1.54) is 43.4 Å². The molecule has 0 aliphatic carbocycles. The Morgan fingerprint density at radius 2 is 0.968 bits per heavy atom. The molecule has 0 aliphatic rings. The maximum absolute atomic E-state index is 6.02. The van der Waals surface area contributed by atoms with Crippen molar-refractivity contribution in [2.75, 3.05) is 0 Å². The standard InChI is InChI=1S/C30H18O/c1-2-6-24-19(5-1)9-12-21-13-10-20-11-14-22(17-26(20)30(21)24)23-15-16-29-27(18-23)25-7-3-4-8-28(25)31-29/h1-18H. The molecule has 0 saturated heterocycles. The molecular weight excluding hydrogens is 376 g/mol. The van der Waals surface area contributed by atoms with E-state index in [1.807, 2.05) is 12.1 Å². The van der Waals surface area contributed by atoms with E-state index in [4.69, 9.17) is 4.42 Å². The molecule has 6 aromatic carbocycles. The molecule has 7 rings (SSSR count). The van der Waals surface area contributed by atoms with E-state index in [2.05, 4.69) is 97.1 Å². The van der Waals surface area contributed by atoms with Crippen molar-refractivity contribution in [2.24, 2.45) is 0 Å². The van der Waals surface area contributed by atoms with Gasteiger partial charge in [0.1, 0.15) is 11.2 Å². The highest BCUT2D eigenvalue weighted by Gasteiger charge is 2.10. The van der Waals surface area contributed by atoms with Gasteiger partial charge in [0.15, 0.2) is 0 Å². The van der Waals surface area contributed by atoms with Gasteiger partial charge in [-0.05, 0) is 67.7 Å². The van der Waals surface area contributed by atoms with Crippen LogP contribution in [0.5, 0.6) is 0 Å². The summed E-state index contributed by atoms with van der Waals surface area (Å²) < 4.78 is 6.02. The van der Waals surface area contributed by atoms with Gasteiger partial charge < -0.3 is 4.42 Å². The zero-order valence-corrected chi connectivity index (χ0v) is 16.8. The lowest BCUT2D eigenvalue weighted by molar-refractivity contribution is 0.669. The van der Waals surface area contributed by atoms with E-state index in [0.29, 0.717) is 0 Å². The smallest absolute Gasteiger partial charge is 0.135 e. The lowest BCUT2D eigenvalue weighted by atomic mass is 9.93. The average molecular weight is 394 g/mol. The summed E-state index contributed by atoms with van der Waals surface area (Å²) in [5.74, 6) is 0. The number of hydrogen-bond acceptors (Lipinski definition) is 1. The summed E-state index contributed by atoms with van der Waals surface area (Å²) in [5.41, 5.74) is 4.30. The summed E-state index contributed by atoms with van der Waals surface area (Å²) >= 11 is 0. The molecule has 1 nitrogen and oxygen atoms in total. The van der Waals surface area contributed by atoms with Gasteiger partial charge in [-0.15, -0.1) is 0 Å². The van der Waals surface area contributed by atoms with Gasteiger partial charge in [-0.1, -0.05) is 84.9 Å². The van der Waals surface area contributed by atoms with Crippen LogP contribution < -0.4 is 0 Å². The topological polar surface area (TPSA) is 13.1 Å². The van der Waals surface area contributed by atoms with Crippen molar-refractivity contribution < 1.29 is 4.42 Å². The quantitative estimate of drug-likeness (QED) is 0.254. The van der Waals surface area contributed by atoms with Crippen molar-refractivity contribution >= 4 is 54.3 Å². The SMILES string of the molecule is c1ccc2c(c1)ccc1ccc3ccc(-c4ccc5oc6ccccc6c5c4)cc3c12. The Balaban J connectivity index is 1.53. The zero-order chi connectivity index (χ0) is 20.4. The van der Waals surface area contributed by atoms with E-state index in [1.54, 1.807) is 0 Å². The van der Waals surface area contributed by atoms with Crippen molar-refractivity contribution in [3.8, 4) is 11.1 Å². The van der Waals surface area contributed by atoms with E-state index in [9.17, 15) is 0 Å². The van der Waals surface area contributed by atoms with Crippen LogP contribution in [-0.4, -0.2) is 0 Å². The molecule has 0 fully saturated rings. The second-order valence-corrected chi connectivity index (χ2v) is 8.20. The van der Waals surface area contributed by atoms with Crippen LogP contribution in [0, 0.1) is 0 Å². The van der Waals surface area contributed by atoms with E-state index in [0.717, 1.165) is 21.9 Å². The summed E-state index contributed by atoms with van der Waals surface area (Å²) in [6.07, 6.45) is 0. The number of furan rings is 1. The minimum absolute atomic E-state index is 0.933. The highest BCUT2D eigenvalue weighted by atomic mass is 16.3. The molecule has 31 heavy (non-hydrogen) atoms. The Labute approximate surface area is 179 Å². The first kappa shape index (κ1) is 16.7. The first-order chi connectivity index (χ1) is 15.3. The third-order valence-corrected chi connectivity index (χ3v) is 6.44. The Bertz CT molecular complexity index is 1780. The van der Waals surface area contributed by atoms with E-state index < -0.39 is 0 Å². The van der Waals surface area contributed by atoms with Gasteiger partial charge in [0.2, 0.25) is 0 Å². The van der Waals surface area contributed by atoms with Crippen LogP contribution in [0.15, 0.2) is 114 Å². The number of rotatable bonds is 1.